The summed E-state index contributed by atoms with van der Waals surface area (Å²) in [5, 5.41) is 4.59. The van der Waals surface area contributed by atoms with Gasteiger partial charge in [0, 0.05) is 33.2 Å². The number of anilines is 3. The summed E-state index contributed by atoms with van der Waals surface area (Å²) >= 11 is 0. The number of hydrogen-bond acceptors (Lipinski definition) is 2. The molecule has 0 fully saturated rings. The van der Waals surface area contributed by atoms with Crippen LogP contribution in [0.25, 0.3) is 77.2 Å². The summed E-state index contributed by atoms with van der Waals surface area (Å²) in [4.78, 5) is 2.36. The Bertz CT molecular complexity index is 2890. The molecule has 0 N–H and O–H groups in total. The van der Waals surface area contributed by atoms with Gasteiger partial charge in [0.2, 0.25) is 0 Å². The molecule has 0 atom stereocenters. The van der Waals surface area contributed by atoms with Crippen LogP contribution in [0.2, 0.25) is 0 Å². The molecule has 0 aliphatic heterocycles. The molecule has 0 aliphatic carbocycles. The number of nitrogens with zero attached hydrogens (tertiary/aromatic N) is 1. The number of hydrogen-bond donors (Lipinski definition) is 0. The Morgan fingerprint density at radius 3 is 1.46 bits per heavy atom. The highest BCUT2D eigenvalue weighted by Crippen LogP contribution is 2.42. The maximum absolute atomic E-state index is 6.33. The van der Waals surface area contributed by atoms with Gasteiger partial charge in [-0.05, 0) is 111 Å². The maximum atomic E-state index is 6.33. The van der Waals surface area contributed by atoms with E-state index in [2.05, 4.69) is 205 Å². The lowest BCUT2D eigenvalue weighted by atomic mass is 9.93. The molecule has 254 valence electrons. The predicted molar refractivity (Wildman–Crippen MR) is 228 cm³/mol. The lowest BCUT2D eigenvalue weighted by Gasteiger charge is -2.27. The summed E-state index contributed by atoms with van der Waals surface area (Å²) in [6, 6.07) is 75.9. The van der Waals surface area contributed by atoms with E-state index in [1.807, 2.05) is 12.1 Å². The second-order valence-electron chi connectivity index (χ2n) is 13.7. The first kappa shape index (κ1) is 31.6. The Kier molecular flexibility index (Phi) is 7.85. The smallest absolute Gasteiger partial charge is 0.143 e. The minimum Gasteiger partial charge on any atom is -0.455 e. The largest absolute Gasteiger partial charge is 0.455 e. The molecule has 0 amide bonds. The summed E-state index contributed by atoms with van der Waals surface area (Å²) in [6.45, 7) is 0. The molecule has 0 radical (unpaired) electrons. The van der Waals surface area contributed by atoms with Crippen molar-refractivity contribution >= 4 is 49.8 Å². The first-order valence-corrected chi connectivity index (χ1v) is 18.4. The van der Waals surface area contributed by atoms with Crippen LogP contribution >= 0.6 is 0 Å². The van der Waals surface area contributed by atoms with Gasteiger partial charge in [0.05, 0.1) is 0 Å². The van der Waals surface area contributed by atoms with Gasteiger partial charge in [-0.25, -0.2) is 0 Å². The normalized spacial score (nSPS) is 11.3. The van der Waals surface area contributed by atoms with Crippen LogP contribution in [-0.4, -0.2) is 0 Å². The zero-order valence-electron chi connectivity index (χ0n) is 29.6. The molecule has 2 heteroatoms. The van der Waals surface area contributed by atoms with E-state index >= 15 is 0 Å². The number of para-hydroxylation sites is 1. The fourth-order valence-corrected chi connectivity index (χ4v) is 7.77. The Hall–Kier alpha value is -7.16. The number of rotatable bonds is 7. The lowest BCUT2D eigenvalue weighted by molar-refractivity contribution is 0.672. The van der Waals surface area contributed by atoms with Crippen LogP contribution in [0.1, 0.15) is 0 Å². The van der Waals surface area contributed by atoms with Crippen molar-refractivity contribution in [2.75, 3.05) is 4.90 Å². The van der Waals surface area contributed by atoms with Crippen LogP contribution in [0.15, 0.2) is 217 Å². The summed E-state index contributed by atoms with van der Waals surface area (Å²) < 4.78 is 6.33. The molecule has 10 aromatic rings. The van der Waals surface area contributed by atoms with Crippen LogP contribution in [0.4, 0.5) is 17.1 Å². The SMILES string of the molecule is c1ccc(-c2ccc(N(c3ccc(-c4ccc5c(ccc6c7ccccc7oc56)c4)cc3)c3ccc(-c4ccccc4)c(-c4ccccc4)c3)cc2)cc1. The molecule has 0 saturated heterocycles. The van der Waals surface area contributed by atoms with Gasteiger partial charge in [0.25, 0.3) is 0 Å². The van der Waals surface area contributed by atoms with E-state index < -0.39 is 0 Å². The molecule has 9 aromatic carbocycles. The standard InChI is InChI=1S/C52H35NO/c1-4-12-36(13-5-1)37-20-26-43(27-21-37)53(45-30-33-46(39-14-6-2-7-15-39)50(35-45)40-16-8-3-9-17-40)44-28-22-38(23-29-44)41-24-31-47-42(34-41)25-32-49-48-18-10-11-19-51(48)54-52(47)49/h1-35H. The molecule has 54 heavy (non-hydrogen) atoms. The molecule has 0 unspecified atom stereocenters. The third kappa shape index (κ3) is 5.71. The molecular weight excluding hydrogens is 655 g/mol. The van der Waals surface area contributed by atoms with Gasteiger partial charge < -0.3 is 9.32 Å². The summed E-state index contributed by atoms with van der Waals surface area (Å²) in [6.07, 6.45) is 0. The number of furan rings is 1. The summed E-state index contributed by atoms with van der Waals surface area (Å²) in [5.41, 5.74) is 14.6. The molecule has 1 heterocycles. The molecule has 0 aliphatic rings. The average Bonchev–Trinajstić information content (AvgIpc) is 3.64. The van der Waals surface area contributed by atoms with Crippen molar-refractivity contribution in [2.45, 2.75) is 0 Å². The fourth-order valence-electron chi connectivity index (χ4n) is 7.77. The van der Waals surface area contributed by atoms with E-state index in [9.17, 15) is 0 Å². The predicted octanol–water partition coefficient (Wildman–Crippen LogP) is 14.9. The third-order valence-electron chi connectivity index (χ3n) is 10.5. The lowest BCUT2D eigenvalue weighted by Crippen LogP contribution is -2.10. The highest BCUT2D eigenvalue weighted by atomic mass is 16.3. The Morgan fingerprint density at radius 1 is 0.296 bits per heavy atom. The van der Waals surface area contributed by atoms with Crippen molar-refractivity contribution in [1.82, 2.24) is 0 Å². The molecule has 10 rings (SSSR count). The van der Waals surface area contributed by atoms with Crippen molar-refractivity contribution in [1.29, 1.82) is 0 Å². The van der Waals surface area contributed by atoms with Crippen molar-refractivity contribution in [2.24, 2.45) is 0 Å². The molecule has 0 spiro atoms. The first-order valence-electron chi connectivity index (χ1n) is 18.4. The van der Waals surface area contributed by atoms with E-state index in [1.54, 1.807) is 0 Å². The quantitative estimate of drug-likeness (QED) is 0.166. The van der Waals surface area contributed by atoms with E-state index in [0.29, 0.717) is 0 Å². The third-order valence-corrected chi connectivity index (χ3v) is 10.5. The minimum absolute atomic E-state index is 0.921. The van der Waals surface area contributed by atoms with Gasteiger partial charge in [-0.2, -0.15) is 0 Å². The number of fused-ring (bicyclic) bond motifs is 5. The second-order valence-corrected chi connectivity index (χ2v) is 13.7. The topological polar surface area (TPSA) is 16.4 Å². The van der Waals surface area contributed by atoms with Gasteiger partial charge >= 0.3 is 0 Å². The first-order chi connectivity index (χ1) is 26.8. The molecule has 0 saturated carbocycles. The summed E-state index contributed by atoms with van der Waals surface area (Å²) in [7, 11) is 0. The zero-order chi connectivity index (χ0) is 35.8. The Labute approximate surface area is 314 Å². The van der Waals surface area contributed by atoms with E-state index in [-0.39, 0.29) is 0 Å². The average molecular weight is 690 g/mol. The van der Waals surface area contributed by atoms with E-state index in [1.165, 1.54) is 38.9 Å². The van der Waals surface area contributed by atoms with Crippen LogP contribution < -0.4 is 4.90 Å². The Balaban J connectivity index is 1.07. The van der Waals surface area contributed by atoms with Crippen LogP contribution in [0.3, 0.4) is 0 Å². The van der Waals surface area contributed by atoms with Crippen molar-refractivity contribution in [3.05, 3.63) is 212 Å². The van der Waals surface area contributed by atoms with Gasteiger partial charge in [-0.3, -0.25) is 0 Å². The fraction of sp³-hybridized carbons (Fsp3) is 0. The van der Waals surface area contributed by atoms with Gasteiger partial charge in [-0.15, -0.1) is 0 Å². The highest BCUT2D eigenvalue weighted by Gasteiger charge is 2.17. The Morgan fingerprint density at radius 2 is 0.796 bits per heavy atom. The van der Waals surface area contributed by atoms with Gasteiger partial charge in [0.1, 0.15) is 11.2 Å². The van der Waals surface area contributed by atoms with E-state index in [4.69, 9.17) is 4.42 Å². The molecule has 1 aromatic heterocycles. The van der Waals surface area contributed by atoms with Crippen LogP contribution in [0.5, 0.6) is 0 Å². The van der Waals surface area contributed by atoms with Crippen molar-refractivity contribution in [3.63, 3.8) is 0 Å². The molecule has 0 bridgehead atoms. The maximum Gasteiger partial charge on any atom is 0.143 e. The van der Waals surface area contributed by atoms with E-state index in [0.717, 1.165) is 55.3 Å². The monoisotopic (exact) mass is 689 g/mol. The van der Waals surface area contributed by atoms with Crippen LogP contribution in [-0.2, 0) is 0 Å². The van der Waals surface area contributed by atoms with Gasteiger partial charge in [-0.1, -0.05) is 152 Å². The number of benzene rings is 9. The van der Waals surface area contributed by atoms with Gasteiger partial charge in [0.15, 0.2) is 0 Å². The van der Waals surface area contributed by atoms with Crippen LogP contribution in [0, 0.1) is 0 Å². The van der Waals surface area contributed by atoms with Crippen molar-refractivity contribution in [3.8, 4) is 44.5 Å². The van der Waals surface area contributed by atoms with Crippen molar-refractivity contribution < 1.29 is 4.42 Å². The summed E-state index contributed by atoms with van der Waals surface area (Å²) in [5.74, 6) is 0. The highest BCUT2D eigenvalue weighted by molar-refractivity contribution is 6.15. The zero-order valence-corrected chi connectivity index (χ0v) is 29.6. The second kappa shape index (κ2) is 13.4. The molecular formula is C52H35NO. The molecule has 2 nitrogen and oxygen atoms in total. The minimum atomic E-state index is 0.921.